The molecule has 0 aliphatic rings. The van der Waals surface area contributed by atoms with Crippen LogP contribution in [0.3, 0.4) is 0 Å². The van der Waals surface area contributed by atoms with E-state index in [1.807, 2.05) is 6.92 Å². The fraction of sp³-hybridized carbons (Fsp3) is 0.636. The Morgan fingerprint density at radius 3 is 2.65 bits per heavy atom. The van der Waals surface area contributed by atoms with Crippen LogP contribution in [0, 0.1) is 0 Å². The number of alkyl halides is 3. The minimum Gasteiger partial charge on any atom is -0.394 e. The molecule has 0 amide bonds. The average molecular weight is 311 g/mol. The highest BCUT2D eigenvalue weighted by Crippen LogP contribution is 2.29. The summed E-state index contributed by atoms with van der Waals surface area (Å²) >= 11 is 0.930. The second-order valence-corrected chi connectivity index (χ2v) is 5.03. The van der Waals surface area contributed by atoms with Crippen LogP contribution >= 0.6 is 11.8 Å². The van der Waals surface area contributed by atoms with E-state index in [4.69, 9.17) is 5.11 Å². The van der Waals surface area contributed by atoms with Crippen molar-refractivity contribution in [2.24, 2.45) is 0 Å². The lowest BCUT2D eigenvalue weighted by molar-refractivity contribution is -0.145. The van der Waals surface area contributed by atoms with Crippen molar-refractivity contribution < 1.29 is 23.4 Å². The van der Waals surface area contributed by atoms with E-state index in [0.717, 1.165) is 18.2 Å². The standard InChI is InChI=1S/C11H16F3N3O2S/c1-2-3-15-8-4-9(20-6-7(19)5-18)17-10(16-8)11(12,13)14/h4,7,18-19H,2-3,5-6H2,1H3,(H,15,16,17). The molecular weight excluding hydrogens is 295 g/mol. The van der Waals surface area contributed by atoms with Crippen molar-refractivity contribution in [1.29, 1.82) is 0 Å². The summed E-state index contributed by atoms with van der Waals surface area (Å²) in [6, 6.07) is 1.39. The second kappa shape index (κ2) is 7.65. The molecule has 0 fully saturated rings. The van der Waals surface area contributed by atoms with E-state index in [1.165, 1.54) is 6.07 Å². The van der Waals surface area contributed by atoms with Gasteiger partial charge in [-0.05, 0) is 6.42 Å². The lowest BCUT2D eigenvalue weighted by Crippen LogP contribution is -2.16. The Kier molecular flexibility index (Phi) is 6.50. The summed E-state index contributed by atoms with van der Waals surface area (Å²) in [6.45, 7) is 1.93. The number of aliphatic hydroxyl groups is 2. The largest absolute Gasteiger partial charge is 0.451 e. The summed E-state index contributed by atoms with van der Waals surface area (Å²) in [5, 5.41) is 20.8. The van der Waals surface area contributed by atoms with Gasteiger partial charge in [0.15, 0.2) is 0 Å². The third kappa shape index (κ3) is 5.51. The first-order valence-corrected chi connectivity index (χ1v) is 6.97. The zero-order valence-corrected chi connectivity index (χ0v) is 11.6. The SMILES string of the molecule is CCCNc1cc(SCC(O)CO)nc(C(F)(F)F)n1. The second-order valence-electron chi connectivity index (χ2n) is 3.99. The first-order valence-electron chi connectivity index (χ1n) is 5.98. The predicted octanol–water partition coefficient (Wildman–Crippen LogP) is 1.76. The molecule has 1 aromatic rings. The molecule has 3 N–H and O–H groups in total. The molecule has 20 heavy (non-hydrogen) atoms. The molecule has 5 nitrogen and oxygen atoms in total. The van der Waals surface area contributed by atoms with Crippen molar-refractivity contribution in [3.05, 3.63) is 11.9 Å². The number of hydrogen-bond acceptors (Lipinski definition) is 6. The maximum atomic E-state index is 12.7. The molecule has 0 aliphatic carbocycles. The molecule has 114 valence electrons. The minimum absolute atomic E-state index is 0.0536. The molecule has 1 atom stereocenters. The fourth-order valence-corrected chi connectivity index (χ4v) is 2.02. The maximum Gasteiger partial charge on any atom is 0.451 e. The Bertz CT molecular complexity index is 432. The highest BCUT2D eigenvalue weighted by atomic mass is 32.2. The number of nitrogens with one attached hydrogen (secondary N) is 1. The summed E-state index contributed by atoms with van der Waals surface area (Å²) in [5.74, 6) is -1.08. The van der Waals surface area contributed by atoms with Crippen LogP contribution in [0.15, 0.2) is 11.1 Å². The summed E-state index contributed by atoms with van der Waals surface area (Å²) in [6.07, 6.45) is -4.89. The quantitative estimate of drug-likeness (QED) is 0.526. The minimum atomic E-state index is -4.63. The van der Waals surface area contributed by atoms with Crippen LogP contribution in [-0.2, 0) is 6.18 Å². The third-order valence-corrected chi connectivity index (χ3v) is 3.20. The number of thioether (sulfide) groups is 1. The topological polar surface area (TPSA) is 78.3 Å². The van der Waals surface area contributed by atoms with Crippen molar-refractivity contribution in [2.45, 2.75) is 30.7 Å². The number of aliphatic hydroxyl groups excluding tert-OH is 2. The normalized spacial score (nSPS) is 13.3. The monoisotopic (exact) mass is 311 g/mol. The summed E-state index contributed by atoms with van der Waals surface area (Å²) in [7, 11) is 0. The van der Waals surface area contributed by atoms with Crippen molar-refractivity contribution in [1.82, 2.24) is 9.97 Å². The highest BCUT2D eigenvalue weighted by molar-refractivity contribution is 7.99. The van der Waals surface area contributed by atoms with Gasteiger partial charge in [0.25, 0.3) is 0 Å². The molecule has 0 bridgehead atoms. The molecule has 1 rings (SSSR count). The van der Waals surface area contributed by atoms with E-state index in [0.29, 0.717) is 6.54 Å². The first kappa shape index (κ1) is 17.0. The molecule has 0 aliphatic heterocycles. The molecule has 0 saturated heterocycles. The first-order chi connectivity index (χ1) is 9.36. The number of aromatic nitrogens is 2. The van der Waals surface area contributed by atoms with Gasteiger partial charge < -0.3 is 15.5 Å². The lowest BCUT2D eigenvalue weighted by Gasteiger charge is -2.12. The van der Waals surface area contributed by atoms with Crippen LogP contribution in [0.5, 0.6) is 0 Å². The van der Waals surface area contributed by atoms with E-state index < -0.39 is 24.7 Å². The van der Waals surface area contributed by atoms with Crippen LogP contribution < -0.4 is 5.32 Å². The Morgan fingerprint density at radius 2 is 2.10 bits per heavy atom. The Hall–Kier alpha value is -1.06. The predicted molar refractivity (Wildman–Crippen MR) is 69.6 cm³/mol. The average Bonchev–Trinajstić information content (AvgIpc) is 2.41. The third-order valence-electron chi connectivity index (χ3n) is 2.15. The van der Waals surface area contributed by atoms with Gasteiger partial charge in [0, 0.05) is 18.4 Å². The van der Waals surface area contributed by atoms with E-state index in [-0.39, 0.29) is 16.6 Å². The van der Waals surface area contributed by atoms with Gasteiger partial charge in [-0.25, -0.2) is 9.97 Å². The van der Waals surface area contributed by atoms with Gasteiger partial charge in [0.05, 0.1) is 12.7 Å². The van der Waals surface area contributed by atoms with Gasteiger partial charge in [-0.1, -0.05) is 6.92 Å². The Labute approximate surface area is 118 Å². The van der Waals surface area contributed by atoms with Crippen LogP contribution in [0.4, 0.5) is 19.0 Å². The summed E-state index contributed by atoms with van der Waals surface area (Å²) in [5.41, 5.74) is 0. The molecule has 1 aromatic heterocycles. The maximum absolute atomic E-state index is 12.7. The summed E-state index contributed by atoms with van der Waals surface area (Å²) < 4.78 is 38.1. The van der Waals surface area contributed by atoms with Gasteiger partial charge in [0.1, 0.15) is 10.8 Å². The fourth-order valence-electron chi connectivity index (χ4n) is 1.20. The number of nitrogens with zero attached hydrogens (tertiary/aromatic N) is 2. The number of halogens is 3. The molecular formula is C11H16F3N3O2S. The molecule has 1 unspecified atom stereocenters. The Balaban J connectivity index is 2.91. The van der Waals surface area contributed by atoms with Gasteiger partial charge in [-0.2, -0.15) is 13.2 Å². The van der Waals surface area contributed by atoms with Gasteiger partial charge in [0.2, 0.25) is 5.82 Å². The van der Waals surface area contributed by atoms with Crippen molar-refractivity contribution in [3.8, 4) is 0 Å². The number of hydrogen-bond donors (Lipinski definition) is 3. The van der Waals surface area contributed by atoms with Crippen LogP contribution in [0.25, 0.3) is 0 Å². The number of rotatable bonds is 7. The molecule has 1 heterocycles. The van der Waals surface area contributed by atoms with Crippen LogP contribution in [0.1, 0.15) is 19.2 Å². The number of anilines is 1. The van der Waals surface area contributed by atoms with Crippen molar-refractivity contribution in [2.75, 3.05) is 24.2 Å². The van der Waals surface area contributed by atoms with E-state index in [9.17, 15) is 18.3 Å². The smallest absolute Gasteiger partial charge is 0.394 e. The molecule has 9 heteroatoms. The highest BCUT2D eigenvalue weighted by Gasteiger charge is 2.35. The van der Waals surface area contributed by atoms with E-state index in [2.05, 4.69) is 15.3 Å². The van der Waals surface area contributed by atoms with Gasteiger partial charge in [-0.15, -0.1) is 11.8 Å². The van der Waals surface area contributed by atoms with E-state index >= 15 is 0 Å². The molecule has 0 spiro atoms. The van der Waals surface area contributed by atoms with Crippen molar-refractivity contribution in [3.63, 3.8) is 0 Å². The van der Waals surface area contributed by atoms with Crippen molar-refractivity contribution >= 4 is 17.6 Å². The summed E-state index contributed by atoms with van der Waals surface area (Å²) in [4.78, 5) is 6.83. The van der Waals surface area contributed by atoms with E-state index in [1.54, 1.807) is 0 Å². The Morgan fingerprint density at radius 1 is 1.40 bits per heavy atom. The lowest BCUT2D eigenvalue weighted by atomic mass is 10.4. The zero-order valence-electron chi connectivity index (χ0n) is 10.8. The zero-order chi connectivity index (χ0) is 15.2. The molecule has 0 radical (unpaired) electrons. The van der Waals surface area contributed by atoms with Gasteiger partial charge >= 0.3 is 6.18 Å². The van der Waals surface area contributed by atoms with Crippen LogP contribution in [-0.4, -0.2) is 45.2 Å². The van der Waals surface area contributed by atoms with Gasteiger partial charge in [-0.3, -0.25) is 0 Å². The molecule has 0 saturated carbocycles. The van der Waals surface area contributed by atoms with Crippen LogP contribution in [0.2, 0.25) is 0 Å². The molecule has 0 aromatic carbocycles.